The van der Waals surface area contributed by atoms with Crippen LogP contribution in [-0.2, 0) is 4.74 Å². The first-order chi connectivity index (χ1) is 8.25. The van der Waals surface area contributed by atoms with Crippen molar-refractivity contribution in [2.75, 3.05) is 6.61 Å². The highest BCUT2D eigenvalue weighted by Gasteiger charge is 2.15. The van der Waals surface area contributed by atoms with E-state index in [9.17, 15) is 0 Å². The van der Waals surface area contributed by atoms with Gasteiger partial charge in [-0.25, -0.2) is 0 Å². The molecule has 1 saturated heterocycles. The first kappa shape index (κ1) is 12.8. The molecule has 1 aromatic heterocycles. The molecule has 0 radical (unpaired) electrons. The molecular formula is C13H19ClN2O. The maximum atomic E-state index is 6.08. The molecule has 1 aliphatic heterocycles. The Bertz CT molecular complexity index is 336. The molecule has 2 atom stereocenters. The monoisotopic (exact) mass is 254 g/mol. The van der Waals surface area contributed by atoms with Crippen LogP contribution >= 0.6 is 11.6 Å². The van der Waals surface area contributed by atoms with Crippen LogP contribution in [0.4, 0.5) is 0 Å². The third-order valence-electron chi connectivity index (χ3n) is 3.20. The van der Waals surface area contributed by atoms with Crippen LogP contribution in [0.1, 0.15) is 43.8 Å². The molecule has 0 aromatic carbocycles. The minimum absolute atomic E-state index is 0.00803. The number of rotatable bonds is 5. The minimum atomic E-state index is 0.00803. The second-order valence-electron chi connectivity index (χ2n) is 4.57. The zero-order valence-corrected chi connectivity index (χ0v) is 10.7. The van der Waals surface area contributed by atoms with E-state index in [1.165, 1.54) is 12.8 Å². The Morgan fingerprint density at radius 2 is 2.41 bits per heavy atom. The third-order valence-corrected chi connectivity index (χ3v) is 3.42. The molecular weight excluding hydrogens is 236 g/mol. The average molecular weight is 255 g/mol. The van der Waals surface area contributed by atoms with Gasteiger partial charge >= 0.3 is 0 Å². The van der Waals surface area contributed by atoms with Crippen molar-refractivity contribution in [1.29, 1.82) is 0 Å². The quantitative estimate of drug-likeness (QED) is 0.879. The average Bonchev–Trinajstić information content (AvgIpc) is 2.83. The second-order valence-corrected chi connectivity index (χ2v) is 5.01. The molecule has 0 spiro atoms. The van der Waals surface area contributed by atoms with E-state index < -0.39 is 0 Å². The number of hydrogen-bond acceptors (Lipinski definition) is 3. The zero-order valence-electron chi connectivity index (χ0n) is 9.94. The highest BCUT2D eigenvalue weighted by Crippen LogP contribution is 2.21. The summed E-state index contributed by atoms with van der Waals surface area (Å²) < 4.78 is 5.58. The fourth-order valence-electron chi connectivity index (χ4n) is 2.19. The molecule has 1 aromatic rings. The summed E-state index contributed by atoms with van der Waals surface area (Å²) in [5, 5.41) is 0.653. The predicted octanol–water partition coefficient (Wildman–Crippen LogP) is 3.08. The van der Waals surface area contributed by atoms with E-state index in [1.807, 2.05) is 12.1 Å². The summed E-state index contributed by atoms with van der Waals surface area (Å²) in [6.07, 6.45) is 7.67. The Morgan fingerprint density at radius 1 is 1.53 bits per heavy atom. The third kappa shape index (κ3) is 3.95. The summed E-state index contributed by atoms with van der Waals surface area (Å²) >= 11 is 5.79. The number of ether oxygens (including phenoxy) is 1. The number of hydrogen-bond donors (Lipinski definition) is 1. The van der Waals surface area contributed by atoms with Gasteiger partial charge in [-0.05, 0) is 44.2 Å². The molecule has 2 unspecified atom stereocenters. The highest BCUT2D eigenvalue weighted by atomic mass is 35.5. The van der Waals surface area contributed by atoms with E-state index in [0.717, 1.165) is 31.6 Å². The van der Waals surface area contributed by atoms with Gasteiger partial charge < -0.3 is 10.5 Å². The Labute approximate surface area is 107 Å². The molecule has 2 N–H and O–H groups in total. The summed E-state index contributed by atoms with van der Waals surface area (Å²) in [5.74, 6) is 0. The zero-order chi connectivity index (χ0) is 12.1. The summed E-state index contributed by atoms with van der Waals surface area (Å²) in [6, 6.07) is 3.75. The van der Waals surface area contributed by atoms with Gasteiger partial charge in [-0.2, -0.15) is 0 Å². The molecule has 0 aliphatic carbocycles. The fraction of sp³-hybridized carbons (Fsp3) is 0.615. The van der Waals surface area contributed by atoms with Crippen molar-refractivity contribution in [3.63, 3.8) is 0 Å². The molecule has 1 aliphatic rings. The van der Waals surface area contributed by atoms with Crippen LogP contribution in [0.2, 0.25) is 5.02 Å². The SMILES string of the molecule is NC(CCCC1CCCO1)c1ccc(Cl)cn1. The number of halogens is 1. The number of nitrogens with two attached hydrogens (primary N) is 1. The lowest BCUT2D eigenvalue weighted by Crippen LogP contribution is -2.13. The van der Waals surface area contributed by atoms with Crippen LogP contribution in [0, 0.1) is 0 Å². The summed E-state index contributed by atoms with van der Waals surface area (Å²) in [6.45, 7) is 0.926. The van der Waals surface area contributed by atoms with Gasteiger partial charge in [-0.15, -0.1) is 0 Å². The molecule has 17 heavy (non-hydrogen) atoms. The van der Waals surface area contributed by atoms with Crippen LogP contribution in [0.3, 0.4) is 0 Å². The highest BCUT2D eigenvalue weighted by molar-refractivity contribution is 6.30. The van der Waals surface area contributed by atoms with Crippen LogP contribution in [0.15, 0.2) is 18.3 Å². The van der Waals surface area contributed by atoms with Gasteiger partial charge in [-0.1, -0.05) is 11.6 Å². The normalized spacial score (nSPS) is 21.6. The maximum absolute atomic E-state index is 6.08. The molecule has 1 fully saturated rings. The fourth-order valence-corrected chi connectivity index (χ4v) is 2.30. The molecule has 0 amide bonds. The number of pyridine rings is 1. The first-order valence-electron chi connectivity index (χ1n) is 6.24. The molecule has 4 heteroatoms. The van der Waals surface area contributed by atoms with Gasteiger partial charge in [0, 0.05) is 18.8 Å². The van der Waals surface area contributed by atoms with E-state index >= 15 is 0 Å². The maximum Gasteiger partial charge on any atom is 0.0589 e. The molecule has 0 bridgehead atoms. The number of aromatic nitrogens is 1. The molecule has 2 rings (SSSR count). The van der Waals surface area contributed by atoms with Crippen LogP contribution in [0.5, 0.6) is 0 Å². The molecule has 2 heterocycles. The van der Waals surface area contributed by atoms with Gasteiger partial charge in [0.25, 0.3) is 0 Å². The lowest BCUT2D eigenvalue weighted by atomic mass is 10.0. The van der Waals surface area contributed by atoms with Crippen molar-refractivity contribution in [3.05, 3.63) is 29.0 Å². The van der Waals surface area contributed by atoms with E-state index in [1.54, 1.807) is 6.20 Å². The smallest absolute Gasteiger partial charge is 0.0589 e. The second kappa shape index (κ2) is 6.34. The summed E-state index contributed by atoms with van der Waals surface area (Å²) in [7, 11) is 0. The number of nitrogens with zero attached hydrogens (tertiary/aromatic N) is 1. The van der Waals surface area contributed by atoms with Crippen molar-refractivity contribution >= 4 is 11.6 Å². The Hall–Kier alpha value is -0.640. The lowest BCUT2D eigenvalue weighted by molar-refractivity contribution is 0.101. The largest absolute Gasteiger partial charge is 0.378 e. The van der Waals surface area contributed by atoms with Gasteiger partial charge in [0.2, 0.25) is 0 Å². The van der Waals surface area contributed by atoms with Crippen molar-refractivity contribution in [2.24, 2.45) is 5.73 Å². The summed E-state index contributed by atoms with van der Waals surface area (Å²) in [4.78, 5) is 4.24. The van der Waals surface area contributed by atoms with Crippen molar-refractivity contribution in [1.82, 2.24) is 4.98 Å². The molecule has 0 saturated carbocycles. The van der Waals surface area contributed by atoms with Crippen molar-refractivity contribution in [3.8, 4) is 0 Å². The van der Waals surface area contributed by atoms with Gasteiger partial charge in [0.1, 0.15) is 0 Å². The van der Waals surface area contributed by atoms with Crippen molar-refractivity contribution in [2.45, 2.75) is 44.2 Å². The summed E-state index contributed by atoms with van der Waals surface area (Å²) in [5.41, 5.74) is 7.00. The van der Waals surface area contributed by atoms with Crippen LogP contribution < -0.4 is 5.73 Å². The topological polar surface area (TPSA) is 48.1 Å². The van der Waals surface area contributed by atoms with E-state index in [4.69, 9.17) is 22.1 Å². The Kier molecular flexibility index (Phi) is 4.77. The van der Waals surface area contributed by atoms with E-state index in [-0.39, 0.29) is 6.04 Å². The Balaban J connectivity index is 1.72. The molecule has 94 valence electrons. The standard InChI is InChI=1S/C13H19ClN2O/c14-10-6-7-13(16-9-10)12(15)5-1-3-11-4-2-8-17-11/h6-7,9,11-12H,1-5,8,15H2. The van der Waals surface area contributed by atoms with E-state index in [0.29, 0.717) is 11.1 Å². The van der Waals surface area contributed by atoms with Crippen LogP contribution in [0.25, 0.3) is 0 Å². The van der Waals surface area contributed by atoms with Gasteiger partial charge in [0.05, 0.1) is 16.8 Å². The molecule has 3 nitrogen and oxygen atoms in total. The predicted molar refractivity (Wildman–Crippen MR) is 69.0 cm³/mol. The van der Waals surface area contributed by atoms with Gasteiger partial charge in [0.15, 0.2) is 0 Å². The first-order valence-corrected chi connectivity index (χ1v) is 6.62. The Morgan fingerprint density at radius 3 is 3.06 bits per heavy atom. The minimum Gasteiger partial charge on any atom is -0.378 e. The van der Waals surface area contributed by atoms with Gasteiger partial charge in [-0.3, -0.25) is 4.98 Å². The van der Waals surface area contributed by atoms with Crippen LogP contribution in [-0.4, -0.2) is 17.7 Å². The van der Waals surface area contributed by atoms with Crippen molar-refractivity contribution < 1.29 is 4.74 Å². The lowest BCUT2D eigenvalue weighted by Gasteiger charge is -2.13. The van der Waals surface area contributed by atoms with E-state index in [2.05, 4.69) is 4.98 Å².